The second-order valence-electron chi connectivity index (χ2n) is 4.86. The first-order valence-corrected chi connectivity index (χ1v) is 6.50. The second kappa shape index (κ2) is 5.95. The van der Waals surface area contributed by atoms with Crippen molar-refractivity contribution in [2.24, 2.45) is 0 Å². The SMILES string of the molecule is COC(=O)c1cc(F)cc(-c2cc(C)c(OC)cc2C)c1. The van der Waals surface area contributed by atoms with Crippen molar-refractivity contribution in [2.45, 2.75) is 13.8 Å². The normalized spacial score (nSPS) is 10.3. The van der Waals surface area contributed by atoms with Gasteiger partial charge in [0.15, 0.2) is 0 Å². The summed E-state index contributed by atoms with van der Waals surface area (Å²) in [5, 5.41) is 0. The molecule has 0 atom stereocenters. The van der Waals surface area contributed by atoms with Gasteiger partial charge in [-0.25, -0.2) is 9.18 Å². The van der Waals surface area contributed by atoms with E-state index in [0.717, 1.165) is 22.4 Å². The van der Waals surface area contributed by atoms with Gasteiger partial charge in [-0.15, -0.1) is 0 Å². The smallest absolute Gasteiger partial charge is 0.337 e. The lowest BCUT2D eigenvalue weighted by molar-refractivity contribution is 0.0600. The van der Waals surface area contributed by atoms with E-state index in [-0.39, 0.29) is 5.56 Å². The monoisotopic (exact) mass is 288 g/mol. The number of ether oxygens (including phenoxy) is 2. The lowest BCUT2D eigenvalue weighted by Gasteiger charge is -2.12. The molecule has 0 bridgehead atoms. The molecule has 0 amide bonds. The Bertz CT molecular complexity index is 693. The van der Waals surface area contributed by atoms with Crippen molar-refractivity contribution in [3.63, 3.8) is 0 Å². The van der Waals surface area contributed by atoms with Crippen LogP contribution in [0.4, 0.5) is 4.39 Å². The molecule has 0 aromatic heterocycles. The minimum absolute atomic E-state index is 0.195. The van der Waals surface area contributed by atoms with E-state index in [1.807, 2.05) is 26.0 Å². The Hall–Kier alpha value is -2.36. The number of benzene rings is 2. The van der Waals surface area contributed by atoms with Crippen LogP contribution in [-0.4, -0.2) is 20.2 Å². The maximum absolute atomic E-state index is 13.8. The highest BCUT2D eigenvalue weighted by atomic mass is 19.1. The summed E-state index contributed by atoms with van der Waals surface area (Å²) in [5.74, 6) is -0.250. The molecule has 0 heterocycles. The van der Waals surface area contributed by atoms with Gasteiger partial charge in [-0.3, -0.25) is 0 Å². The fourth-order valence-corrected chi connectivity index (χ4v) is 2.30. The van der Waals surface area contributed by atoms with E-state index in [2.05, 4.69) is 4.74 Å². The van der Waals surface area contributed by atoms with Gasteiger partial charge in [0.1, 0.15) is 11.6 Å². The Morgan fingerprint density at radius 2 is 1.71 bits per heavy atom. The lowest BCUT2D eigenvalue weighted by atomic mass is 9.96. The van der Waals surface area contributed by atoms with E-state index < -0.39 is 11.8 Å². The van der Waals surface area contributed by atoms with Gasteiger partial charge < -0.3 is 9.47 Å². The number of halogens is 1. The highest BCUT2D eigenvalue weighted by Crippen LogP contribution is 2.31. The Labute approximate surface area is 123 Å². The maximum Gasteiger partial charge on any atom is 0.337 e. The van der Waals surface area contributed by atoms with Gasteiger partial charge in [-0.05, 0) is 66.4 Å². The quantitative estimate of drug-likeness (QED) is 0.803. The molecule has 2 rings (SSSR count). The zero-order valence-electron chi connectivity index (χ0n) is 12.5. The van der Waals surface area contributed by atoms with Gasteiger partial charge in [0, 0.05) is 0 Å². The van der Waals surface area contributed by atoms with Crippen molar-refractivity contribution < 1.29 is 18.7 Å². The summed E-state index contributed by atoms with van der Waals surface area (Å²) < 4.78 is 23.7. The Balaban J connectivity index is 2.59. The Kier molecular flexibility index (Phi) is 4.26. The van der Waals surface area contributed by atoms with Crippen molar-refractivity contribution in [1.82, 2.24) is 0 Å². The molecule has 4 heteroatoms. The van der Waals surface area contributed by atoms with E-state index in [4.69, 9.17) is 4.74 Å². The van der Waals surface area contributed by atoms with Crippen LogP contribution in [-0.2, 0) is 4.74 Å². The van der Waals surface area contributed by atoms with Crippen LogP contribution < -0.4 is 4.74 Å². The summed E-state index contributed by atoms with van der Waals surface area (Å²) in [6.07, 6.45) is 0. The number of methoxy groups -OCH3 is 2. The summed E-state index contributed by atoms with van der Waals surface area (Å²) in [4.78, 5) is 11.6. The molecule has 2 aromatic carbocycles. The highest BCUT2D eigenvalue weighted by molar-refractivity contribution is 5.91. The van der Waals surface area contributed by atoms with Gasteiger partial charge >= 0.3 is 5.97 Å². The maximum atomic E-state index is 13.8. The van der Waals surface area contributed by atoms with E-state index >= 15 is 0 Å². The van der Waals surface area contributed by atoms with Gasteiger partial charge in [0.05, 0.1) is 19.8 Å². The van der Waals surface area contributed by atoms with Crippen LogP contribution >= 0.6 is 0 Å². The number of hydrogen-bond donors (Lipinski definition) is 0. The van der Waals surface area contributed by atoms with Gasteiger partial charge in [0.25, 0.3) is 0 Å². The number of esters is 1. The minimum Gasteiger partial charge on any atom is -0.496 e. The average Bonchev–Trinajstić information content (AvgIpc) is 2.47. The first kappa shape index (κ1) is 15.0. The van der Waals surface area contributed by atoms with Crippen molar-refractivity contribution in [1.29, 1.82) is 0 Å². The largest absolute Gasteiger partial charge is 0.496 e. The van der Waals surface area contributed by atoms with Crippen LogP contribution in [0.5, 0.6) is 5.75 Å². The van der Waals surface area contributed by atoms with Crippen molar-refractivity contribution >= 4 is 5.97 Å². The molecule has 3 nitrogen and oxygen atoms in total. The highest BCUT2D eigenvalue weighted by Gasteiger charge is 2.13. The van der Waals surface area contributed by atoms with E-state index in [9.17, 15) is 9.18 Å². The third-order valence-electron chi connectivity index (χ3n) is 3.37. The molecule has 0 aliphatic rings. The summed E-state index contributed by atoms with van der Waals surface area (Å²) >= 11 is 0. The molecular formula is C17H17FO3. The lowest BCUT2D eigenvalue weighted by Crippen LogP contribution is -2.02. The van der Waals surface area contributed by atoms with Crippen LogP contribution in [0, 0.1) is 19.7 Å². The van der Waals surface area contributed by atoms with E-state index in [1.54, 1.807) is 13.2 Å². The molecule has 0 fully saturated rings. The standard InChI is InChI=1S/C17H17FO3/c1-10-6-16(20-3)11(2)5-15(10)12-7-13(17(19)21-4)9-14(18)8-12/h5-9H,1-4H3. The topological polar surface area (TPSA) is 35.5 Å². The van der Waals surface area contributed by atoms with E-state index in [1.165, 1.54) is 19.2 Å². The summed E-state index contributed by atoms with van der Waals surface area (Å²) in [6, 6.07) is 8.02. The number of aryl methyl sites for hydroxylation is 2. The molecule has 21 heavy (non-hydrogen) atoms. The van der Waals surface area contributed by atoms with Gasteiger partial charge in [0.2, 0.25) is 0 Å². The number of rotatable bonds is 3. The van der Waals surface area contributed by atoms with Crippen LogP contribution in [0.3, 0.4) is 0 Å². The molecule has 0 radical (unpaired) electrons. The molecule has 0 spiro atoms. The summed E-state index contributed by atoms with van der Waals surface area (Å²) in [6.45, 7) is 3.84. The Morgan fingerprint density at radius 1 is 1.00 bits per heavy atom. The van der Waals surface area contributed by atoms with Crippen LogP contribution in [0.25, 0.3) is 11.1 Å². The molecule has 0 aliphatic carbocycles. The van der Waals surface area contributed by atoms with E-state index in [0.29, 0.717) is 5.56 Å². The molecule has 0 unspecified atom stereocenters. The summed E-state index contributed by atoms with van der Waals surface area (Å²) in [5.41, 5.74) is 3.58. The fourth-order valence-electron chi connectivity index (χ4n) is 2.30. The van der Waals surface area contributed by atoms with Crippen LogP contribution in [0.15, 0.2) is 30.3 Å². The average molecular weight is 288 g/mol. The first-order valence-electron chi connectivity index (χ1n) is 6.50. The fraction of sp³-hybridized carbons (Fsp3) is 0.235. The molecule has 0 saturated heterocycles. The third-order valence-corrected chi connectivity index (χ3v) is 3.37. The second-order valence-corrected chi connectivity index (χ2v) is 4.86. The van der Waals surface area contributed by atoms with Gasteiger partial charge in [-0.2, -0.15) is 0 Å². The molecule has 0 aliphatic heterocycles. The third kappa shape index (κ3) is 3.05. The van der Waals surface area contributed by atoms with Crippen molar-refractivity contribution in [3.8, 4) is 16.9 Å². The molecule has 2 aromatic rings. The molecule has 0 N–H and O–H groups in total. The van der Waals surface area contributed by atoms with Crippen LogP contribution in [0.1, 0.15) is 21.5 Å². The number of hydrogen-bond acceptors (Lipinski definition) is 3. The van der Waals surface area contributed by atoms with Crippen molar-refractivity contribution in [3.05, 3.63) is 52.8 Å². The minimum atomic E-state index is -0.557. The molecular weight excluding hydrogens is 271 g/mol. The molecule has 110 valence electrons. The molecule has 0 saturated carbocycles. The zero-order chi connectivity index (χ0) is 15.6. The predicted octanol–water partition coefficient (Wildman–Crippen LogP) is 3.90. The van der Waals surface area contributed by atoms with Gasteiger partial charge in [-0.1, -0.05) is 0 Å². The van der Waals surface area contributed by atoms with Crippen molar-refractivity contribution in [2.75, 3.05) is 14.2 Å². The first-order chi connectivity index (χ1) is 9.96. The number of carbonyl (C=O) groups excluding carboxylic acids is 1. The predicted molar refractivity (Wildman–Crippen MR) is 79.2 cm³/mol. The Morgan fingerprint density at radius 3 is 2.33 bits per heavy atom. The number of carbonyl (C=O) groups is 1. The summed E-state index contributed by atoms with van der Waals surface area (Å²) in [7, 11) is 2.88. The van der Waals surface area contributed by atoms with Crippen LogP contribution in [0.2, 0.25) is 0 Å². The zero-order valence-corrected chi connectivity index (χ0v) is 12.5.